The van der Waals surface area contributed by atoms with Gasteiger partial charge in [0.1, 0.15) is 0 Å². The molecule has 29 heavy (non-hydrogen) atoms. The van der Waals surface area contributed by atoms with Crippen LogP contribution in [0.5, 0.6) is 0 Å². The smallest absolute Gasteiger partial charge is 0.335 e. The van der Waals surface area contributed by atoms with E-state index in [-0.39, 0.29) is 5.91 Å². The number of rotatable bonds is 2. The minimum absolute atomic E-state index is 0.0557. The lowest BCUT2D eigenvalue weighted by molar-refractivity contribution is 0.0696. The van der Waals surface area contributed by atoms with Crippen molar-refractivity contribution in [2.24, 2.45) is 0 Å². The van der Waals surface area contributed by atoms with E-state index >= 15 is 0 Å². The van der Waals surface area contributed by atoms with E-state index in [1.54, 1.807) is 19.2 Å². The SMILES string of the molecule is CNC(=O)c1ccc2cc(Br)ccc2c1.O=C(O)c1ccc2cc(Br)ccc2c1. The van der Waals surface area contributed by atoms with Gasteiger partial charge >= 0.3 is 5.97 Å². The van der Waals surface area contributed by atoms with Crippen LogP contribution < -0.4 is 5.32 Å². The van der Waals surface area contributed by atoms with Crippen LogP contribution in [0, 0.1) is 0 Å². The van der Waals surface area contributed by atoms with Crippen LogP contribution in [-0.2, 0) is 0 Å². The Morgan fingerprint density at radius 1 is 0.690 bits per heavy atom. The molecule has 1 amide bonds. The molecular weight excluding hydrogens is 498 g/mol. The fourth-order valence-electron chi connectivity index (χ4n) is 2.85. The van der Waals surface area contributed by atoms with Crippen molar-refractivity contribution in [2.45, 2.75) is 0 Å². The lowest BCUT2D eigenvalue weighted by Gasteiger charge is -2.02. The lowest BCUT2D eigenvalue weighted by atomic mass is 10.1. The highest BCUT2D eigenvalue weighted by molar-refractivity contribution is 9.10. The van der Waals surface area contributed by atoms with Gasteiger partial charge in [-0.15, -0.1) is 0 Å². The quantitative estimate of drug-likeness (QED) is 0.331. The molecule has 4 aromatic rings. The molecule has 0 aliphatic carbocycles. The molecule has 2 N–H and O–H groups in total. The van der Waals surface area contributed by atoms with Gasteiger partial charge in [-0.2, -0.15) is 0 Å². The van der Waals surface area contributed by atoms with Gasteiger partial charge in [0.2, 0.25) is 0 Å². The van der Waals surface area contributed by atoms with Gasteiger partial charge in [-0.25, -0.2) is 4.79 Å². The summed E-state index contributed by atoms with van der Waals surface area (Å²) in [4.78, 5) is 22.1. The first-order valence-corrected chi connectivity index (χ1v) is 10.3. The number of benzene rings is 4. The average molecular weight is 515 g/mol. The minimum atomic E-state index is -0.894. The highest BCUT2D eigenvalue weighted by atomic mass is 79.9. The Hall–Kier alpha value is -2.70. The van der Waals surface area contributed by atoms with E-state index in [2.05, 4.69) is 37.2 Å². The predicted molar refractivity (Wildman–Crippen MR) is 124 cm³/mol. The molecule has 0 aliphatic rings. The summed E-state index contributed by atoms with van der Waals surface area (Å²) in [6.07, 6.45) is 0. The molecule has 0 radical (unpaired) electrons. The second-order valence-corrected chi connectivity index (χ2v) is 8.13. The standard InChI is InChI=1S/C12H10BrNO.C11H7BrO2/c1-14-12(15)10-3-2-9-7-11(13)5-4-8(9)6-10;12-10-4-3-7-5-9(11(13)14)2-1-8(7)6-10/h2-7H,1H3,(H,14,15);1-6H,(H,13,14). The Balaban J connectivity index is 0.000000166. The zero-order valence-electron chi connectivity index (χ0n) is 15.4. The molecule has 0 aromatic heterocycles. The van der Waals surface area contributed by atoms with Crippen LogP contribution in [0.15, 0.2) is 81.7 Å². The number of carbonyl (C=O) groups excluding carboxylic acids is 1. The molecular formula is C23H17Br2NO3. The van der Waals surface area contributed by atoms with Crippen molar-refractivity contribution >= 4 is 65.3 Å². The lowest BCUT2D eigenvalue weighted by Crippen LogP contribution is -2.17. The Morgan fingerprint density at radius 3 is 1.59 bits per heavy atom. The van der Waals surface area contributed by atoms with Gasteiger partial charge < -0.3 is 10.4 Å². The number of fused-ring (bicyclic) bond motifs is 2. The molecule has 0 saturated heterocycles. The Kier molecular flexibility index (Phi) is 6.67. The molecule has 0 unspecified atom stereocenters. The van der Waals surface area contributed by atoms with E-state index in [1.807, 2.05) is 60.7 Å². The maximum atomic E-state index is 11.4. The number of nitrogens with one attached hydrogen (secondary N) is 1. The van der Waals surface area contributed by atoms with E-state index in [4.69, 9.17) is 5.11 Å². The van der Waals surface area contributed by atoms with Crippen molar-refractivity contribution in [3.8, 4) is 0 Å². The Bertz CT molecular complexity index is 1220. The largest absolute Gasteiger partial charge is 0.478 e. The van der Waals surface area contributed by atoms with Crippen LogP contribution in [0.3, 0.4) is 0 Å². The van der Waals surface area contributed by atoms with Crippen LogP contribution in [0.25, 0.3) is 21.5 Å². The van der Waals surface area contributed by atoms with Crippen molar-refractivity contribution in [1.29, 1.82) is 0 Å². The van der Waals surface area contributed by atoms with E-state index in [0.29, 0.717) is 11.1 Å². The topological polar surface area (TPSA) is 66.4 Å². The maximum Gasteiger partial charge on any atom is 0.335 e. The van der Waals surface area contributed by atoms with E-state index < -0.39 is 5.97 Å². The normalized spacial score (nSPS) is 10.3. The fraction of sp³-hybridized carbons (Fsp3) is 0.0435. The third kappa shape index (κ3) is 5.22. The zero-order valence-corrected chi connectivity index (χ0v) is 18.6. The number of halogens is 2. The molecule has 0 spiro atoms. The van der Waals surface area contributed by atoms with E-state index in [0.717, 1.165) is 30.5 Å². The molecule has 0 saturated carbocycles. The number of hydrogen-bond donors (Lipinski definition) is 2. The summed E-state index contributed by atoms with van der Waals surface area (Å²) in [6.45, 7) is 0. The minimum Gasteiger partial charge on any atom is -0.478 e. The van der Waals surface area contributed by atoms with Gasteiger partial charge in [-0.3, -0.25) is 4.79 Å². The van der Waals surface area contributed by atoms with Crippen LogP contribution in [0.2, 0.25) is 0 Å². The van der Waals surface area contributed by atoms with Crippen LogP contribution in [0.4, 0.5) is 0 Å². The molecule has 0 aliphatic heterocycles. The van der Waals surface area contributed by atoms with Crippen molar-refractivity contribution in [3.63, 3.8) is 0 Å². The van der Waals surface area contributed by atoms with Gasteiger partial charge in [0.25, 0.3) is 5.91 Å². The molecule has 6 heteroatoms. The first-order chi connectivity index (χ1) is 13.9. The first-order valence-electron chi connectivity index (χ1n) is 8.71. The fourth-order valence-corrected chi connectivity index (χ4v) is 3.61. The molecule has 0 atom stereocenters. The average Bonchev–Trinajstić information content (AvgIpc) is 2.72. The number of aromatic carboxylic acids is 1. The van der Waals surface area contributed by atoms with Crippen molar-refractivity contribution in [2.75, 3.05) is 7.05 Å². The number of amides is 1. The summed E-state index contributed by atoms with van der Waals surface area (Å²) < 4.78 is 2.04. The monoisotopic (exact) mass is 513 g/mol. The van der Waals surface area contributed by atoms with Gasteiger partial charge in [0, 0.05) is 21.6 Å². The van der Waals surface area contributed by atoms with Crippen LogP contribution in [-0.4, -0.2) is 24.0 Å². The molecule has 0 fully saturated rings. The first kappa shape index (κ1) is 21.0. The molecule has 4 rings (SSSR count). The highest BCUT2D eigenvalue weighted by Gasteiger charge is 2.04. The van der Waals surface area contributed by atoms with Crippen molar-refractivity contribution in [3.05, 3.63) is 92.9 Å². The molecule has 0 bridgehead atoms. The summed E-state index contributed by atoms with van der Waals surface area (Å²) in [6, 6.07) is 22.5. The number of carboxylic acid groups (broad SMARTS) is 1. The summed E-state index contributed by atoms with van der Waals surface area (Å²) in [5, 5.41) is 15.6. The van der Waals surface area contributed by atoms with Gasteiger partial charge in [-0.1, -0.05) is 56.1 Å². The number of carboxylic acids is 1. The number of hydrogen-bond acceptors (Lipinski definition) is 2. The Labute approximate surface area is 184 Å². The Morgan fingerprint density at radius 2 is 1.10 bits per heavy atom. The summed E-state index contributed by atoms with van der Waals surface area (Å²) in [5.41, 5.74) is 1.01. The second kappa shape index (κ2) is 9.20. The van der Waals surface area contributed by atoms with E-state index in [9.17, 15) is 9.59 Å². The summed E-state index contributed by atoms with van der Waals surface area (Å²) in [5.74, 6) is -0.949. The summed E-state index contributed by atoms with van der Waals surface area (Å²) >= 11 is 6.78. The number of carbonyl (C=O) groups is 2. The second-order valence-electron chi connectivity index (χ2n) is 6.30. The van der Waals surface area contributed by atoms with E-state index in [1.165, 1.54) is 0 Å². The third-order valence-electron chi connectivity index (χ3n) is 4.34. The molecule has 146 valence electrons. The van der Waals surface area contributed by atoms with Crippen molar-refractivity contribution < 1.29 is 14.7 Å². The predicted octanol–water partition coefficient (Wildman–Crippen LogP) is 6.26. The molecule has 4 aromatic carbocycles. The van der Waals surface area contributed by atoms with Gasteiger partial charge in [0.15, 0.2) is 0 Å². The zero-order chi connectivity index (χ0) is 21.0. The van der Waals surface area contributed by atoms with Gasteiger partial charge in [-0.05, 0) is 70.1 Å². The molecule has 4 nitrogen and oxygen atoms in total. The molecule has 0 heterocycles. The third-order valence-corrected chi connectivity index (χ3v) is 5.33. The van der Waals surface area contributed by atoms with Crippen LogP contribution >= 0.6 is 31.9 Å². The maximum absolute atomic E-state index is 11.4. The summed E-state index contributed by atoms with van der Waals surface area (Å²) in [7, 11) is 1.63. The highest BCUT2D eigenvalue weighted by Crippen LogP contribution is 2.22. The van der Waals surface area contributed by atoms with Gasteiger partial charge in [0.05, 0.1) is 5.56 Å². The van der Waals surface area contributed by atoms with Crippen LogP contribution in [0.1, 0.15) is 20.7 Å². The van der Waals surface area contributed by atoms with Crippen molar-refractivity contribution in [1.82, 2.24) is 5.32 Å².